The van der Waals surface area contributed by atoms with Gasteiger partial charge >= 0.3 is 5.97 Å². The third kappa shape index (κ3) is 2.20. The lowest BCUT2D eigenvalue weighted by molar-refractivity contribution is -0.130. The van der Waals surface area contributed by atoms with Gasteiger partial charge in [-0.05, 0) is 23.8 Å². The summed E-state index contributed by atoms with van der Waals surface area (Å²) in [5.74, 6) is -0.643. The van der Waals surface area contributed by atoms with E-state index in [1.165, 1.54) is 6.26 Å². The predicted molar refractivity (Wildman–Crippen MR) is 60.7 cm³/mol. The van der Waals surface area contributed by atoms with Gasteiger partial charge in [-0.15, -0.1) is 0 Å². The largest absolute Gasteiger partial charge is 0.478 e. The molecule has 1 heterocycles. The van der Waals surface area contributed by atoms with Crippen LogP contribution in [0, 0.1) is 0 Å². The van der Waals surface area contributed by atoms with Gasteiger partial charge in [0.05, 0.1) is 6.26 Å². The van der Waals surface area contributed by atoms with Crippen molar-refractivity contribution in [1.82, 2.24) is 0 Å². The molecule has 0 aliphatic heterocycles. The quantitative estimate of drug-likeness (QED) is 0.799. The first-order chi connectivity index (χ1) is 7.77. The normalized spacial score (nSPS) is 11.4. The van der Waals surface area contributed by atoms with Crippen molar-refractivity contribution in [2.45, 2.75) is 0 Å². The summed E-state index contributed by atoms with van der Waals surface area (Å²) >= 11 is 0. The van der Waals surface area contributed by atoms with E-state index in [1.807, 2.05) is 30.3 Å². The number of furan rings is 1. The molecule has 16 heavy (non-hydrogen) atoms. The molecule has 0 fully saturated rings. The molecule has 0 atom stereocenters. The van der Waals surface area contributed by atoms with Crippen LogP contribution >= 0.6 is 0 Å². The first-order valence-corrected chi connectivity index (χ1v) is 4.81. The molecule has 3 nitrogen and oxygen atoms in total. The molecule has 0 amide bonds. The van der Waals surface area contributed by atoms with Crippen molar-refractivity contribution in [2.75, 3.05) is 0 Å². The molecule has 3 heteroatoms. The van der Waals surface area contributed by atoms with Gasteiger partial charge < -0.3 is 9.52 Å². The second kappa shape index (κ2) is 4.49. The smallest absolute Gasteiger partial charge is 0.339 e. The van der Waals surface area contributed by atoms with Gasteiger partial charge in [-0.25, -0.2) is 4.79 Å². The Bertz CT molecular complexity index is 495. The second-order valence-corrected chi connectivity index (χ2v) is 3.25. The van der Waals surface area contributed by atoms with Gasteiger partial charge in [0, 0.05) is 0 Å². The molecule has 0 bridgehead atoms. The van der Waals surface area contributed by atoms with Gasteiger partial charge in [-0.2, -0.15) is 0 Å². The fourth-order valence-electron chi connectivity index (χ4n) is 1.39. The molecule has 1 aromatic carbocycles. The van der Waals surface area contributed by atoms with Crippen molar-refractivity contribution < 1.29 is 14.3 Å². The van der Waals surface area contributed by atoms with E-state index in [0.717, 1.165) is 5.56 Å². The maximum absolute atomic E-state index is 11.1. The SMILES string of the molecule is O=C(O)C(=Cc1ccccc1)c1ccco1. The molecule has 2 aromatic rings. The molecule has 0 saturated carbocycles. The molecule has 80 valence electrons. The number of aliphatic carboxylic acids is 1. The van der Waals surface area contributed by atoms with Crippen LogP contribution < -0.4 is 0 Å². The molecule has 0 unspecified atom stereocenters. The summed E-state index contributed by atoms with van der Waals surface area (Å²) < 4.78 is 5.08. The van der Waals surface area contributed by atoms with E-state index in [4.69, 9.17) is 9.52 Å². The van der Waals surface area contributed by atoms with E-state index in [-0.39, 0.29) is 5.57 Å². The summed E-state index contributed by atoms with van der Waals surface area (Å²) in [6.07, 6.45) is 3.04. The van der Waals surface area contributed by atoms with E-state index >= 15 is 0 Å². The minimum absolute atomic E-state index is 0.149. The first-order valence-electron chi connectivity index (χ1n) is 4.81. The molecule has 0 radical (unpaired) electrons. The molecule has 1 N–H and O–H groups in total. The number of hydrogen-bond acceptors (Lipinski definition) is 2. The van der Waals surface area contributed by atoms with Gasteiger partial charge in [-0.1, -0.05) is 30.3 Å². The maximum Gasteiger partial charge on any atom is 0.339 e. The summed E-state index contributed by atoms with van der Waals surface area (Å²) in [7, 11) is 0. The average Bonchev–Trinajstić information content (AvgIpc) is 2.80. The zero-order valence-corrected chi connectivity index (χ0v) is 8.46. The van der Waals surface area contributed by atoms with Crippen LogP contribution in [0.1, 0.15) is 11.3 Å². The Kier molecular flexibility index (Phi) is 2.87. The first kappa shape index (κ1) is 10.2. The molecule has 0 aliphatic rings. The van der Waals surface area contributed by atoms with Gasteiger partial charge in [-0.3, -0.25) is 0 Å². The lowest BCUT2D eigenvalue weighted by atomic mass is 10.1. The second-order valence-electron chi connectivity index (χ2n) is 3.25. The Morgan fingerprint density at radius 2 is 1.88 bits per heavy atom. The fourth-order valence-corrected chi connectivity index (χ4v) is 1.39. The van der Waals surface area contributed by atoms with Gasteiger partial charge in [0.25, 0.3) is 0 Å². The van der Waals surface area contributed by atoms with Crippen molar-refractivity contribution in [3.05, 3.63) is 60.1 Å². The van der Waals surface area contributed by atoms with Crippen LogP contribution in [0.15, 0.2) is 53.1 Å². The van der Waals surface area contributed by atoms with E-state index in [9.17, 15) is 4.79 Å². The van der Waals surface area contributed by atoms with E-state index in [0.29, 0.717) is 5.76 Å². The summed E-state index contributed by atoms with van der Waals surface area (Å²) in [4.78, 5) is 11.1. The van der Waals surface area contributed by atoms with Crippen molar-refractivity contribution in [3.8, 4) is 0 Å². The molecule has 0 spiro atoms. The van der Waals surface area contributed by atoms with Crippen LogP contribution in [0.4, 0.5) is 0 Å². The molecule has 0 aliphatic carbocycles. The molecule has 1 aromatic heterocycles. The zero-order valence-electron chi connectivity index (χ0n) is 8.46. The minimum atomic E-state index is -1.00. The Labute approximate surface area is 92.6 Å². The van der Waals surface area contributed by atoms with E-state index in [2.05, 4.69) is 0 Å². The highest BCUT2D eigenvalue weighted by Gasteiger charge is 2.12. The Morgan fingerprint density at radius 3 is 2.44 bits per heavy atom. The fraction of sp³-hybridized carbons (Fsp3) is 0. The Morgan fingerprint density at radius 1 is 1.12 bits per heavy atom. The number of benzene rings is 1. The molecule has 0 saturated heterocycles. The van der Waals surface area contributed by atoms with Gasteiger partial charge in [0.1, 0.15) is 11.3 Å². The number of carboxylic acid groups (broad SMARTS) is 1. The van der Waals surface area contributed by atoms with Crippen LogP contribution in [0.2, 0.25) is 0 Å². The van der Waals surface area contributed by atoms with Crippen LogP contribution in [-0.2, 0) is 4.79 Å². The van der Waals surface area contributed by atoms with Crippen LogP contribution in [-0.4, -0.2) is 11.1 Å². The summed E-state index contributed by atoms with van der Waals surface area (Å²) in [6, 6.07) is 12.6. The Hall–Kier alpha value is -2.29. The highest BCUT2D eigenvalue weighted by Crippen LogP contribution is 2.18. The van der Waals surface area contributed by atoms with Gasteiger partial charge in [0.15, 0.2) is 0 Å². The minimum Gasteiger partial charge on any atom is -0.478 e. The number of carbonyl (C=O) groups is 1. The summed E-state index contributed by atoms with van der Waals surface area (Å²) in [5.41, 5.74) is 0.979. The van der Waals surface area contributed by atoms with E-state index in [1.54, 1.807) is 18.2 Å². The number of carboxylic acids is 1. The topological polar surface area (TPSA) is 50.4 Å². The van der Waals surface area contributed by atoms with Crippen LogP contribution in [0.25, 0.3) is 11.6 Å². The van der Waals surface area contributed by atoms with E-state index < -0.39 is 5.97 Å². The van der Waals surface area contributed by atoms with Crippen molar-refractivity contribution >= 4 is 17.6 Å². The zero-order chi connectivity index (χ0) is 11.4. The molecular weight excluding hydrogens is 204 g/mol. The Balaban J connectivity index is 2.42. The predicted octanol–water partition coefficient (Wildman–Crippen LogP) is 2.90. The average molecular weight is 214 g/mol. The number of hydrogen-bond donors (Lipinski definition) is 1. The monoisotopic (exact) mass is 214 g/mol. The molecule has 2 rings (SSSR count). The third-order valence-electron chi connectivity index (χ3n) is 2.13. The summed E-state index contributed by atoms with van der Waals surface area (Å²) in [6.45, 7) is 0. The maximum atomic E-state index is 11.1. The summed E-state index contributed by atoms with van der Waals surface area (Å²) in [5, 5.41) is 9.08. The molecular formula is C13H10O3. The third-order valence-corrected chi connectivity index (χ3v) is 2.13. The van der Waals surface area contributed by atoms with Crippen molar-refractivity contribution in [1.29, 1.82) is 0 Å². The number of rotatable bonds is 3. The van der Waals surface area contributed by atoms with Gasteiger partial charge in [0.2, 0.25) is 0 Å². The highest BCUT2D eigenvalue weighted by atomic mass is 16.4. The standard InChI is InChI=1S/C13H10O3/c14-13(15)11(12-7-4-8-16-12)9-10-5-2-1-3-6-10/h1-9H,(H,14,15). The lowest BCUT2D eigenvalue weighted by Crippen LogP contribution is -1.98. The lowest BCUT2D eigenvalue weighted by Gasteiger charge is -1.98. The van der Waals surface area contributed by atoms with Crippen molar-refractivity contribution in [3.63, 3.8) is 0 Å². The van der Waals surface area contributed by atoms with Crippen molar-refractivity contribution in [2.24, 2.45) is 0 Å². The van der Waals surface area contributed by atoms with Crippen LogP contribution in [0.5, 0.6) is 0 Å². The van der Waals surface area contributed by atoms with Crippen LogP contribution in [0.3, 0.4) is 0 Å². The highest BCUT2D eigenvalue weighted by molar-refractivity contribution is 6.19.